The molecule has 3 heteroatoms. The Morgan fingerprint density at radius 2 is 2.00 bits per heavy atom. The Labute approximate surface area is 73.0 Å². The van der Waals surface area contributed by atoms with Crippen molar-refractivity contribution in [1.29, 1.82) is 0 Å². The molecule has 1 saturated heterocycles. The van der Waals surface area contributed by atoms with Gasteiger partial charge in [-0.2, -0.15) is 0 Å². The summed E-state index contributed by atoms with van der Waals surface area (Å²) in [6, 6.07) is 0. The Hall–Kier alpha value is -0.380. The zero-order valence-corrected chi connectivity index (χ0v) is 7.29. The Morgan fingerprint density at radius 3 is 2.50 bits per heavy atom. The van der Waals surface area contributed by atoms with Crippen molar-refractivity contribution in [2.75, 3.05) is 19.8 Å². The molecule has 1 aliphatic rings. The molecule has 70 valence electrons. The minimum absolute atomic E-state index is 0.108. The van der Waals surface area contributed by atoms with Gasteiger partial charge in [0.05, 0.1) is 13.2 Å². The summed E-state index contributed by atoms with van der Waals surface area (Å²) in [6.45, 7) is 5.02. The molecule has 1 aliphatic heterocycles. The van der Waals surface area contributed by atoms with E-state index in [4.69, 9.17) is 14.6 Å². The van der Waals surface area contributed by atoms with Gasteiger partial charge in [-0.1, -0.05) is 6.08 Å². The smallest absolute Gasteiger partial charge is 0.170 e. The molecule has 0 atom stereocenters. The molecule has 1 fully saturated rings. The molecule has 0 saturated carbocycles. The van der Waals surface area contributed by atoms with Crippen LogP contribution in [-0.2, 0) is 9.47 Å². The summed E-state index contributed by atoms with van der Waals surface area (Å²) >= 11 is 0. The van der Waals surface area contributed by atoms with E-state index in [-0.39, 0.29) is 6.61 Å². The van der Waals surface area contributed by atoms with Gasteiger partial charge >= 0.3 is 0 Å². The van der Waals surface area contributed by atoms with Crippen molar-refractivity contribution in [3.05, 3.63) is 12.7 Å². The van der Waals surface area contributed by atoms with Crippen LogP contribution in [0.3, 0.4) is 0 Å². The molecule has 0 aromatic rings. The van der Waals surface area contributed by atoms with Crippen molar-refractivity contribution >= 4 is 0 Å². The number of hydrogen-bond acceptors (Lipinski definition) is 3. The number of rotatable bonds is 5. The quantitative estimate of drug-likeness (QED) is 0.631. The van der Waals surface area contributed by atoms with Crippen LogP contribution in [0.25, 0.3) is 0 Å². The van der Waals surface area contributed by atoms with E-state index in [2.05, 4.69) is 6.58 Å². The van der Waals surface area contributed by atoms with Gasteiger partial charge in [-0.05, 0) is 6.42 Å². The van der Waals surface area contributed by atoms with E-state index in [9.17, 15) is 0 Å². The lowest BCUT2D eigenvalue weighted by Crippen LogP contribution is -2.31. The number of hydrogen-bond donors (Lipinski definition) is 1. The third-order valence-electron chi connectivity index (χ3n) is 2.04. The Kier molecular flexibility index (Phi) is 3.72. The van der Waals surface area contributed by atoms with Crippen molar-refractivity contribution < 1.29 is 14.6 Å². The summed E-state index contributed by atoms with van der Waals surface area (Å²) in [6.07, 6.45) is 4.04. The van der Waals surface area contributed by atoms with E-state index in [0.717, 1.165) is 12.8 Å². The van der Waals surface area contributed by atoms with E-state index < -0.39 is 5.79 Å². The maximum absolute atomic E-state index is 8.81. The van der Waals surface area contributed by atoms with Crippen LogP contribution in [0.5, 0.6) is 0 Å². The maximum Gasteiger partial charge on any atom is 0.170 e. The zero-order valence-electron chi connectivity index (χ0n) is 7.29. The molecule has 0 spiro atoms. The molecule has 0 aliphatic carbocycles. The maximum atomic E-state index is 8.81. The monoisotopic (exact) mass is 172 g/mol. The summed E-state index contributed by atoms with van der Waals surface area (Å²) < 4.78 is 10.9. The van der Waals surface area contributed by atoms with Crippen LogP contribution in [0.2, 0.25) is 0 Å². The fourth-order valence-corrected chi connectivity index (χ4v) is 1.40. The van der Waals surface area contributed by atoms with Gasteiger partial charge in [-0.3, -0.25) is 0 Å². The molecule has 0 amide bonds. The van der Waals surface area contributed by atoms with Crippen LogP contribution in [0, 0.1) is 0 Å². The molecule has 0 radical (unpaired) electrons. The number of allylic oxidation sites excluding steroid dienone is 1. The van der Waals surface area contributed by atoms with E-state index >= 15 is 0 Å². The first-order chi connectivity index (χ1) is 5.83. The molecular formula is C9H16O3. The molecule has 0 aromatic heterocycles. The van der Waals surface area contributed by atoms with Gasteiger partial charge in [0.25, 0.3) is 0 Å². The van der Waals surface area contributed by atoms with E-state index in [1.807, 2.05) is 6.08 Å². The second-order valence-electron chi connectivity index (χ2n) is 2.91. The number of aliphatic hydroxyl groups excluding tert-OH is 1. The van der Waals surface area contributed by atoms with E-state index in [1.165, 1.54) is 0 Å². The van der Waals surface area contributed by atoms with Crippen molar-refractivity contribution in [3.8, 4) is 0 Å². The van der Waals surface area contributed by atoms with Crippen LogP contribution in [0.1, 0.15) is 19.3 Å². The molecule has 0 unspecified atom stereocenters. The van der Waals surface area contributed by atoms with Gasteiger partial charge < -0.3 is 14.6 Å². The SMILES string of the molecule is C=CCCC1(CCO)OCCO1. The molecule has 3 nitrogen and oxygen atoms in total. The van der Waals surface area contributed by atoms with Crippen molar-refractivity contribution in [2.24, 2.45) is 0 Å². The van der Waals surface area contributed by atoms with Crippen molar-refractivity contribution in [3.63, 3.8) is 0 Å². The number of aliphatic hydroxyl groups is 1. The van der Waals surface area contributed by atoms with Gasteiger partial charge in [-0.15, -0.1) is 6.58 Å². The summed E-state index contributed by atoms with van der Waals surface area (Å²) in [7, 11) is 0. The molecule has 1 heterocycles. The molecule has 1 rings (SSSR count). The lowest BCUT2D eigenvalue weighted by molar-refractivity contribution is -0.171. The molecule has 0 bridgehead atoms. The average Bonchev–Trinajstić information content (AvgIpc) is 2.51. The summed E-state index contributed by atoms with van der Waals surface area (Å²) in [5.41, 5.74) is 0. The van der Waals surface area contributed by atoms with Gasteiger partial charge in [-0.25, -0.2) is 0 Å². The van der Waals surface area contributed by atoms with Crippen molar-refractivity contribution in [2.45, 2.75) is 25.0 Å². The third kappa shape index (κ3) is 2.30. The number of ether oxygens (including phenoxy) is 2. The highest BCUT2D eigenvalue weighted by atomic mass is 16.7. The minimum Gasteiger partial charge on any atom is -0.396 e. The highest BCUT2D eigenvalue weighted by Gasteiger charge is 2.34. The molecule has 0 aromatic carbocycles. The Bertz CT molecular complexity index is 139. The fourth-order valence-electron chi connectivity index (χ4n) is 1.40. The van der Waals surface area contributed by atoms with Gasteiger partial charge in [0.1, 0.15) is 0 Å². The zero-order chi connectivity index (χ0) is 8.86. The predicted molar refractivity (Wildman–Crippen MR) is 45.8 cm³/mol. The van der Waals surface area contributed by atoms with Gasteiger partial charge in [0.15, 0.2) is 5.79 Å². The Morgan fingerprint density at radius 1 is 1.33 bits per heavy atom. The van der Waals surface area contributed by atoms with Gasteiger partial charge in [0, 0.05) is 19.4 Å². The summed E-state index contributed by atoms with van der Waals surface area (Å²) in [5, 5.41) is 8.81. The summed E-state index contributed by atoms with van der Waals surface area (Å²) in [5.74, 6) is -0.525. The van der Waals surface area contributed by atoms with Crippen LogP contribution in [0.4, 0.5) is 0 Å². The van der Waals surface area contributed by atoms with Crippen LogP contribution in [-0.4, -0.2) is 30.7 Å². The molecule has 12 heavy (non-hydrogen) atoms. The first-order valence-electron chi connectivity index (χ1n) is 4.33. The second kappa shape index (κ2) is 4.60. The predicted octanol–water partition coefficient (Wildman–Crippen LogP) is 1.08. The van der Waals surface area contributed by atoms with Crippen LogP contribution in [0.15, 0.2) is 12.7 Å². The minimum atomic E-state index is -0.525. The Balaban J connectivity index is 2.40. The van der Waals surface area contributed by atoms with E-state index in [1.54, 1.807) is 0 Å². The molecule has 1 N–H and O–H groups in total. The summed E-state index contributed by atoms with van der Waals surface area (Å²) in [4.78, 5) is 0. The molecular weight excluding hydrogens is 156 g/mol. The van der Waals surface area contributed by atoms with Crippen LogP contribution >= 0.6 is 0 Å². The highest BCUT2D eigenvalue weighted by molar-refractivity contribution is 4.78. The van der Waals surface area contributed by atoms with E-state index in [0.29, 0.717) is 19.6 Å². The fraction of sp³-hybridized carbons (Fsp3) is 0.778. The lowest BCUT2D eigenvalue weighted by atomic mass is 10.1. The first-order valence-corrected chi connectivity index (χ1v) is 4.33. The normalized spacial score (nSPS) is 21.1. The lowest BCUT2D eigenvalue weighted by Gasteiger charge is -2.25. The van der Waals surface area contributed by atoms with Crippen LogP contribution < -0.4 is 0 Å². The first kappa shape index (κ1) is 9.71. The standard InChI is InChI=1S/C9H16O3/c1-2-3-4-9(5-6-10)11-7-8-12-9/h2,10H,1,3-8H2. The largest absolute Gasteiger partial charge is 0.396 e. The topological polar surface area (TPSA) is 38.7 Å². The average molecular weight is 172 g/mol. The highest BCUT2D eigenvalue weighted by Crippen LogP contribution is 2.28. The second-order valence-corrected chi connectivity index (χ2v) is 2.91. The van der Waals surface area contributed by atoms with Gasteiger partial charge in [0.2, 0.25) is 0 Å². The van der Waals surface area contributed by atoms with Crippen molar-refractivity contribution in [1.82, 2.24) is 0 Å². The third-order valence-corrected chi connectivity index (χ3v) is 2.04.